The van der Waals surface area contributed by atoms with Crippen LogP contribution in [0.3, 0.4) is 0 Å². The average molecular weight is 407 g/mol. The van der Waals surface area contributed by atoms with Gasteiger partial charge < -0.3 is 5.32 Å². The monoisotopic (exact) mass is 407 g/mol. The SMILES string of the molecule is Cc1ncc(CNC(=O)[C@H](C)NS(=O)(=O)c2ccccc2C(F)(F)F)s1. The fraction of sp³-hybridized carbons (Fsp3) is 0.333. The van der Waals surface area contributed by atoms with Crippen LogP contribution in [0.1, 0.15) is 22.4 Å². The molecule has 142 valence electrons. The van der Waals surface area contributed by atoms with E-state index < -0.39 is 38.6 Å². The Labute approximate surface area is 152 Å². The Balaban J connectivity index is 2.10. The van der Waals surface area contributed by atoms with E-state index in [1.165, 1.54) is 24.3 Å². The van der Waals surface area contributed by atoms with Crippen molar-refractivity contribution in [3.63, 3.8) is 0 Å². The van der Waals surface area contributed by atoms with Crippen LogP contribution in [0.25, 0.3) is 0 Å². The molecule has 11 heteroatoms. The van der Waals surface area contributed by atoms with E-state index in [4.69, 9.17) is 0 Å². The average Bonchev–Trinajstić information content (AvgIpc) is 2.97. The number of hydrogen-bond donors (Lipinski definition) is 2. The number of rotatable bonds is 6. The molecule has 0 aliphatic rings. The standard InChI is InChI=1S/C15H16F3N3O3S2/c1-9(14(22)20-8-11-7-19-10(2)25-11)21-26(23,24)13-6-4-3-5-12(13)15(16,17)18/h3-7,9,21H,8H2,1-2H3,(H,20,22)/t9-/m0/s1. The summed E-state index contributed by atoms with van der Waals surface area (Å²) in [5.41, 5.74) is -1.29. The smallest absolute Gasteiger partial charge is 0.350 e. The predicted octanol–water partition coefficient (Wildman–Crippen LogP) is 2.45. The minimum Gasteiger partial charge on any atom is -0.350 e. The van der Waals surface area contributed by atoms with Gasteiger partial charge in [-0.15, -0.1) is 11.3 Å². The minimum absolute atomic E-state index is 0.148. The molecule has 2 aromatic rings. The first kappa shape index (κ1) is 20.3. The number of nitrogens with zero attached hydrogens (tertiary/aromatic N) is 1. The van der Waals surface area contributed by atoms with Crippen molar-refractivity contribution in [3.05, 3.63) is 45.9 Å². The lowest BCUT2D eigenvalue weighted by Crippen LogP contribution is -2.44. The van der Waals surface area contributed by atoms with Gasteiger partial charge in [0.05, 0.1) is 28.1 Å². The zero-order chi connectivity index (χ0) is 19.5. The molecular weight excluding hydrogens is 391 g/mol. The van der Waals surface area contributed by atoms with Gasteiger partial charge in [0.15, 0.2) is 0 Å². The number of aryl methyl sites for hydroxylation is 1. The number of alkyl halides is 3. The summed E-state index contributed by atoms with van der Waals surface area (Å²) in [6.07, 6.45) is -3.25. The van der Waals surface area contributed by atoms with E-state index in [0.717, 1.165) is 22.0 Å². The van der Waals surface area contributed by atoms with Crippen molar-refractivity contribution < 1.29 is 26.4 Å². The summed E-state index contributed by atoms with van der Waals surface area (Å²) < 4.78 is 65.6. The number of carbonyl (C=O) groups is 1. The highest BCUT2D eigenvalue weighted by molar-refractivity contribution is 7.89. The summed E-state index contributed by atoms with van der Waals surface area (Å²) in [6, 6.07) is 2.53. The molecule has 26 heavy (non-hydrogen) atoms. The maximum Gasteiger partial charge on any atom is 0.417 e. The van der Waals surface area contributed by atoms with E-state index in [1.54, 1.807) is 13.1 Å². The van der Waals surface area contributed by atoms with Crippen molar-refractivity contribution in [3.8, 4) is 0 Å². The van der Waals surface area contributed by atoms with E-state index in [0.29, 0.717) is 6.07 Å². The Morgan fingerprint density at radius 1 is 1.31 bits per heavy atom. The third kappa shape index (κ3) is 5.02. The maximum atomic E-state index is 13.0. The first-order valence-corrected chi connectivity index (χ1v) is 9.68. The highest BCUT2D eigenvalue weighted by Crippen LogP contribution is 2.33. The fourth-order valence-corrected chi connectivity index (χ4v) is 4.26. The normalized spacial score (nSPS) is 13.4. The molecule has 0 unspecified atom stereocenters. The zero-order valence-corrected chi connectivity index (χ0v) is 15.4. The van der Waals surface area contributed by atoms with Crippen LogP contribution in [0.5, 0.6) is 0 Å². The topological polar surface area (TPSA) is 88.2 Å². The summed E-state index contributed by atoms with van der Waals surface area (Å²) in [5.74, 6) is -0.663. The second-order valence-electron chi connectivity index (χ2n) is 5.40. The van der Waals surface area contributed by atoms with Crippen molar-refractivity contribution in [2.24, 2.45) is 0 Å². The minimum atomic E-state index is -4.83. The Morgan fingerprint density at radius 3 is 2.54 bits per heavy atom. The van der Waals surface area contributed by atoms with E-state index in [1.807, 2.05) is 4.72 Å². The van der Waals surface area contributed by atoms with Crippen LogP contribution in [0.15, 0.2) is 35.4 Å². The van der Waals surface area contributed by atoms with Crippen LogP contribution in [0, 0.1) is 6.92 Å². The Morgan fingerprint density at radius 2 is 1.96 bits per heavy atom. The van der Waals surface area contributed by atoms with Gasteiger partial charge in [0, 0.05) is 11.1 Å². The van der Waals surface area contributed by atoms with Gasteiger partial charge in [-0.25, -0.2) is 13.4 Å². The number of benzene rings is 1. The molecule has 1 amide bonds. The number of aromatic nitrogens is 1. The molecule has 0 radical (unpaired) electrons. The number of sulfonamides is 1. The first-order valence-electron chi connectivity index (χ1n) is 7.38. The number of thiazole rings is 1. The zero-order valence-electron chi connectivity index (χ0n) is 13.8. The molecule has 0 saturated carbocycles. The molecule has 0 fully saturated rings. The Hall–Kier alpha value is -1.98. The van der Waals surface area contributed by atoms with Crippen molar-refractivity contribution >= 4 is 27.3 Å². The lowest BCUT2D eigenvalue weighted by Gasteiger charge is -2.17. The third-order valence-electron chi connectivity index (χ3n) is 3.31. The van der Waals surface area contributed by atoms with Gasteiger partial charge >= 0.3 is 6.18 Å². The second-order valence-corrected chi connectivity index (χ2v) is 8.40. The number of halogens is 3. The molecule has 1 atom stereocenters. The predicted molar refractivity (Wildman–Crippen MR) is 89.9 cm³/mol. The van der Waals surface area contributed by atoms with Crippen LogP contribution in [-0.2, 0) is 27.5 Å². The number of amides is 1. The summed E-state index contributed by atoms with van der Waals surface area (Å²) in [7, 11) is -4.54. The number of hydrogen-bond acceptors (Lipinski definition) is 5. The molecule has 1 aromatic heterocycles. The van der Waals surface area contributed by atoms with Gasteiger partial charge in [-0.1, -0.05) is 12.1 Å². The number of nitrogens with one attached hydrogen (secondary N) is 2. The van der Waals surface area contributed by atoms with Gasteiger partial charge in [0.1, 0.15) is 0 Å². The molecule has 1 aromatic carbocycles. The lowest BCUT2D eigenvalue weighted by atomic mass is 10.2. The van der Waals surface area contributed by atoms with Gasteiger partial charge in [-0.2, -0.15) is 17.9 Å². The largest absolute Gasteiger partial charge is 0.417 e. The van der Waals surface area contributed by atoms with Crippen LogP contribution in [0.4, 0.5) is 13.2 Å². The molecule has 0 aliphatic carbocycles. The quantitative estimate of drug-likeness (QED) is 0.770. The molecule has 0 aliphatic heterocycles. The Bertz CT molecular complexity index is 895. The van der Waals surface area contributed by atoms with Crippen LogP contribution in [-0.4, -0.2) is 25.4 Å². The van der Waals surface area contributed by atoms with E-state index in [9.17, 15) is 26.4 Å². The Kier molecular flexibility index (Phi) is 6.04. The van der Waals surface area contributed by atoms with Gasteiger partial charge in [0.2, 0.25) is 15.9 Å². The van der Waals surface area contributed by atoms with E-state index >= 15 is 0 Å². The first-order chi connectivity index (χ1) is 12.0. The summed E-state index contributed by atoms with van der Waals surface area (Å²) in [4.78, 5) is 15.9. The highest BCUT2D eigenvalue weighted by atomic mass is 32.2. The van der Waals surface area contributed by atoms with Crippen molar-refractivity contribution in [2.45, 2.75) is 37.5 Å². The van der Waals surface area contributed by atoms with Crippen molar-refractivity contribution in [2.75, 3.05) is 0 Å². The third-order valence-corrected chi connectivity index (χ3v) is 5.82. The molecule has 0 saturated heterocycles. The van der Waals surface area contributed by atoms with E-state index in [-0.39, 0.29) is 6.54 Å². The van der Waals surface area contributed by atoms with Crippen LogP contribution in [0.2, 0.25) is 0 Å². The van der Waals surface area contributed by atoms with Gasteiger partial charge in [-0.05, 0) is 26.0 Å². The summed E-state index contributed by atoms with van der Waals surface area (Å²) in [6.45, 7) is 3.20. The molecule has 2 rings (SSSR count). The molecule has 1 heterocycles. The van der Waals surface area contributed by atoms with Crippen LogP contribution < -0.4 is 10.0 Å². The maximum absolute atomic E-state index is 13.0. The van der Waals surface area contributed by atoms with Gasteiger partial charge in [-0.3, -0.25) is 4.79 Å². The molecule has 0 spiro atoms. The van der Waals surface area contributed by atoms with Crippen molar-refractivity contribution in [1.29, 1.82) is 0 Å². The second kappa shape index (κ2) is 7.72. The summed E-state index contributed by atoms with van der Waals surface area (Å²) >= 11 is 1.37. The van der Waals surface area contributed by atoms with E-state index in [2.05, 4.69) is 10.3 Å². The molecule has 0 bridgehead atoms. The molecular formula is C15H16F3N3O3S2. The lowest BCUT2D eigenvalue weighted by molar-refractivity contribution is -0.139. The van der Waals surface area contributed by atoms with Crippen LogP contribution >= 0.6 is 11.3 Å². The van der Waals surface area contributed by atoms with Gasteiger partial charge in [0.25, 0.3) is 0 Å². The highest BCUT2D eigenvalue weighted by Gasteiger charge is 2.37. The molecule has 2 N–H and O–H groups in total. The van der Waals surface area contributed by atoms with Crippen molar-refractivity contribution in [1.82, 2.24) is 15.0 Å². The molecule has 6 nitrogen and oxygen atoms in total. The summed E-state index contributed by atoms with van der Waals surface area (Å²) in [5, 5.41) is 3.33. The fourth-order valence-electron chi connectivity index (χ4n) is 2.10. The number of carbonyl (C=O) groups excluding carboxylic acids is 1.